The Kier molecular flexibility index (Phi) is 11.6. The van der Waals surface area contributed by atoms with Gasteiger partial charge in [-0.25, -0.2) is 9.37 Å². The van der Waals surface area contributed by atoms with E-state index in [4.69, 9.17) is 10.00 Å². The number of hydrogen-bond donors (Lipinski definition) is 0. The van der Waals surface area contributed by atoms with E-state index >= 15 is 0 Å². The fourth-order valence-corrected chi connectivity index (χ4v) is 2.33. The highest BCUT2D eigenvalue weighted by molar-refractivity contribution is 5.65. The molecule has 0 aliphatic carbocycles. The van der Waals surface area contributed by atoms with Crippen molar-refractivity contribution in [3.05, 3.63) is 47.9 Å². The van der Waals surface area contributed by atoms with Crippen LogP contribution in [0.4, 0.5) is 10.2 Å². The molecule has 26 heavy (non-hydrogen) atoms. The van der Waals surface area contributed by atoms with Gasteiger partial charge in [0.25, 0.3) is 0 Å². The second-order valence-corrected chi connectivity index (χ2v) is 4.81. The second-order valence-electron chi connectivity index (χ2n) is 4.81. The molecule has 2 heterocycles. The Hall–Kier alpha value is -2.45. The number of aromatic nitrogens is 1. The smallest absolute Gasteiger partial charge is 0.140 e. The molecule has 3 rings (SSSR count). The van der Waals surface area contributed by atoms with Gasteiger partial charge in [0.15, 0.2) is 0 Å². The first-order valence-corrected chi connectivity index (χ1v) is 8.77. The van der Waals surface area contributed by atoms with Gasteiger partial charge in [-0.05, 0) is 29.8 Å². The van der Waals surface area contributed by atoms with Crippen LogP contribution in [0, 0.1) is 17.1 Å². The van der Waals surface area contributed by atoms with E-state index in [9.17, 15) is 4.39 Å². The topological polar surface area (TPSA) is 49.2 Å². The maximum Gasteiger partial charge on any atom is 0.140 e. The van der Waals surface area contributed by atoms with Crippen molar-refractivity contribution < 1.29 is 9.13 Å². The molecule has 5 heteroatoms. The van der Waals surface area contributed by atoms with Crippen LogP contribution >= 0.6 is 0 Å². The lowest BCUT2D eigenvalue weighted by atomic mass is 10.0. The maximum absolute atomic E-state index is 13.3. The molecule has 0 unspecified atom stereocenters. The van der Waals surface area contributed by atoms with Crippen molar-refractivity contribution in [3.8, 4) is 17.2 Å². The molecule has 4 nitrogen and oxygen atoms in total. The number of ether oxygens (including phenoxy) is 1. The van der Waals surface area contributed by atoms with Crippen molar-refractivity contribution in [2.75, 3.05) is 31.2 Å². The number of rotatable bonds is 2. The predicted molar refractivity (Wildman–Crippen MR) is 107 cm³/mol. The average Bonchev–Trinajstić information content (AvgIpc) is 2.72. The fourth-order valence-electron chi connectivity index (χ4n) is 2.33. The van der Waals surface area contributed by atoms with Crippen molar-refractivity contribution in [1.82, 2.24) is 4.98 Å². The largest absolute Gasteiger partial charge is 0.378 e. The van der Waals surface area contributed by atoms with Gasteiger partial charge in [-0.1, -0.05) is 41.2 Å². The molecule has 0 N–H and O–H groups in total. The number of anilines is 1. The number of benzene rings is 1. The van der Waals surface area contributed by atoms with Gasteiger partial charge < -0.3 is 9.64 Å². The molecule has 1 saturated heterocycles. The van der Waals surface area contributed by atoms with Gasteiger partial charge in [-0.15, -0.1) is 0 Å². The number of pyridine rings is 1. The molecule has 0 radical (unpaired) electrons. The van der Waals surface area contributed by atoms with Crippen LogP contribution in [0.25, 0.3) is 11.1 Å². The molecule has 0 spiro atoms. The average molecular weight is 359 g/mol. The lowest BCUT2D eigenvalue weighted by Crippen LogP contribution is -2.36. The van der Waals surface area contributed by atoms with E-state index in [-0.39, 0.29) is 13.0 Å². The zero-order valence-corrected chi connectivity index (χ0v) is 15.4. The maximum atomic E-state index is 13.3. The molecule has 2 aromatic rings. The Morgan fingerprint density at radius 3 is 2.19 bits per heavy atom. The highest BCUT2D eigenvalue weighted by Gasteiger charge is 2.12. The van der Waals surface area contributed by atoms with Gasteiger partial charge in [0.2, 0.25) is 0 Å². The van der Waals surface area contributed by atoms with Crippen molar-refractivity contribution in [1.29, 1.82) is 5.26 Å². The van der Waals surface area contributed by atoms with Crippen molar-refractivity contribution in [2.24, 2.45) is 0 Å². The summed E-state index contributed by atoms with van der Waals surface area (Å²) in [5, 5.41) is 8.88. The highest BCUT2D eigenvalue weighted by Crippen LogP contribution is 2.23. The van der Waals surface area contributed by atoms with E-state index in [1.54, 1.807) is 18.3 Å². The summed E-state index contributed by atoms with van der Waals surface area (Å²) < 4.78 is 18.7. The van der Waals surface area contributed by atoms with Gasteiger partial charge in [-0.2, -0.15) is 5.26 Å². The minimum absolute atomic E-state index is 0. The summed E-state index contributed by atoms with van der Waals surface area (Å²) in [6.07, 6.45) is 1.75. The zero-order chi connectivity index (χ0) is 18.7. The molecule has 0 bridgehead atoms. The Morgan fingerprint density at radius 2 is 1.65 bits per heavy atom. The van der Waals surface area contributed by atoms with Crippen LogP contribution in [0.2, 0.25) is 0 Å². The summed E-state index contributed by atoms with van der Waals surface area (Å²) >= 11 is 0. The SMILES string of the molecule is C.CC.CC.N#Cc1cc(-c2ccc(N3CCOCC3)nc2)ccc1F. The first kappa shape index (κ1) is 23.5. The lowest BCUT2D eigenvalue weighted by Gasteiger charge is -2.27. The summed E-state index contributed by atoms with van der Waals surface area (Å²) in [5.74, 6) is 0.406. The Labute approximate surface area is 157 Å². The summed E-state index contributed by atoms with van der Waals surface area (Å²) in [7, 11) is 0. The quantitative estimate of drug-likeness (QED) is 0.731. The summed E-state index contributed by atoms with van der Waals surface area (Å²) in [6, 6.07) is 10.2. The van der Waals surface area contributed by atoms with Crippen molar-refractivity contribution >= 4 is 5.82 Å². The third-order valence-corrected chi connectivity index (χ3v) is 3.50. The molecule has 1 aromatic heterocycles. The first-order valence-electron chi connectivity index (χ1n) is 8.77. The number of hydrogen-bond acceptors (Lipinski definition) is 4. The summed E-state index contributed by atoms with van der Waals surface area (Å²) in [6.45, 7) is 11.1. The Balaban J connectivity index is 0.00000117. The van der Waals surface area contributed by atoms with Crippen LogP contribution in [0.1, 0.15) is 40.7 Å². The Bertz CT molecular complexity index is 675. The molecule has 0 atom stereocenters. The minimum Gasteiger partial charge on any atom is -0.378 e. The third-order valence-electron chi connectivity index (χ3n) is 3.50. The van der Waals surface area contributed by atoms with Crippen LogP contribution in [0.3, 0.4) is 0 Å². The normalized spacial score (nSPS) is 12.4. The van der Waals surface area contributed by atoms with Gasteiger partial charge >= 0.3 is 0 Å². The van der Waals surface area contributed by atoms with E-state index in [0.29, 0.717) is 13.2 Å². The fraction of sp³-hybridized carbons (Fsp3) is 0.429. The zero-order valence-electron chi connectivity index (χ0n) is 15.4. The van der Waals surface area contributed by atoms with Crippen LogP contribution in [0.5, 0.6) is 0 Å². The monoisotopic (exact) mass is 359 g/mol. The van der Waals surface area contributed by atoms with Crippen LogP contribution in [-0.4, -0.2) is 31.3 Å². The molecule has 1 aromatic carbocycles. The second kappa shape index (κ2) is 12.8. The lowest BCUT2D eigenvalue weighted by molar-refractivity contribution is 0.122. The van der Waals surface area contributed by atoms with Crippen molar-refractivity contribution in [2.45, 2.75) is 35.1 Å². The molecule has 0 amide bonds. The molecule has 1 aliphatic rings. The molecule has 1 fully saturated rings. The van der Waals surface area contributed by atoms with E-state index < -0.39 is 5.82 Å². The number of morpholine rings is 1. The molecule has 0 saturated carbocycles. The van der Waals surface area contributed by atoms with E-state index in [2.05, 4.69) is 9.88 Å². The highest BCUT2D eigenvalue weighted by atomic mass is 19.1. The van der Waals surface area contributed by atoms with E-state index in [1.807, 2.05) is 45.9 Å². The standard InChI is InChI=1S/C16H14FN3O.2C2H6.CH4/c17-15-3-1-12(9-14(15)10-18)13-2-4-16(19-11-13)20-5-7-21-8-6-20;2*1-2;/h1-4,9,11H,5-8H2;2*1-2H3;1H4. The summed E-state index contributed by atoms with van der Waals surface area (Å²) in [5.41, 5.74) is 1.70. The van der Waals surface area contributed by atoms with Gasteiger partial charge in [0.05, 0.1) is 18.8 Å². The van der Waals surface area contributed by atoms with E-state index in [1.165, 1.54) is 6.07 Å². The summed E-state index contributed by atoms with van der Waals surface area (Å²) in [4.78, 5) is 6.62. The molecule has 142 valence electrons. The minimum atomic E-state index is -0.501. The van der Waals surface area contributed by atoms with Crippen molar-refractivity contribution in [3.63, 3.8) is 0 Å². The first-order chi connectivity index (χ1) is 12.3. The van der Waals surface area contributed by atoms with Crippen LogP contribution in [0.15, 0.2) is 36.5 Å². The van der Waals surface area contributed by atoms with E-state index in [0.717, 1.165) is 30.0 Å². The molecular weight excluding hydrogens is 329 g/mol. The Morgan fingerprint density at radius 1 is 1.04 bits per heavy atom. The number of nitrogens with zero attached hydrogens (tertiary/aromatic N) is 3. The molecular formula is C21H30FN3O. The number of halogens is 1. The number of nitriles is 1. The van der Waals surface area contributed by atoms with Gasteiger partial charge in [-0.3, -0.25) is 0 Å². The molecule has 1 aliphatic heterocycles. The van der Waals surface area contributed by atoms with Gasteiger partial charge in [0.1, 0.15) is 17.7 Å². The van der Waals surface area contributed by atoms with Crippen LogP contribution in [-0.2, 0) is 4.74 Å². The van der Waals surface area contributed by atoms with Crippen LogP contribution < -0.4 is 4.90 Å². The third kappa shape index (κ3) is 6.12. The van der Waals surface area contributed by atoms with Gasteiger partial charge in [0, 0.05) is 24.8 Å². The predicted octanol–water partition coefficient (Wildman–Crippen LogP) is 5.28.